The minimum atomic E-state index is -0.942. The molecule has 3 aromatic carbocycles. The lowest BCUT2D eigenvalue weighted by Crippen LogP contribution is -2.31. The first-order valence-electron chi connectivity index (χ1n) is 13.1. The molecule has 3 aromatic rings. The molecule has 1 atom stereocenters. The van der Waals surface area contributed by atoms with Crippen molar-refractivity contribution in [2.75, 3.05) is 13.2 Å². The van der Waals surface area contributed by atoms with Gasteiger partial charge in [0, 0.05) is 6.42 Å². The highest BCUT2D eigenvalue weighted by Gasteiger charge is 2.45. The largest absolute Gasteiger partial charge is 0.493 e. The number of imide groups is 1. The number of carbonyl (C=O) groups excluding carboxylic acids is 2. The molecule has 1 saturated heterocycles. The fourth-order valence-corrected chi connectivity index (χ4v) is 5.16. The van der Waals surface area contributed by atoms with Crippen LogP contribution in [0.25, 0.3) is 0 Å². The first-order valence-corrected chi connectivity index (χ1v) is 13.9. The molecule has 4 rings (SSSR count). The average molecular weight is 534 g/mol. The van der Waals surface area contributed by atoms with Gasteiger partial charge in [-0.3, -0.25) is 14.9 Å². The van der Waals surface area contributed by atoms with Gasteiger partial charge >= 0.3 is 0 Å². The van der Waals surface area contributed by atoms with E-state index in [9.17, 15) is 9.59 Å². The number of thioether (sulfide) groups is 1. The lowest BCUT2D eigenvalue weighted by molar-refractivity contribution is -0.121. The SMILES string of the molecule is CCCc1cc(Oc2ccc(C(C)C)cc2)ccc1OCCCOc1cccc(C2(C)SC(=O)NC2=O)c1. The number of benzene rings is 3. The van der Waals surface area contributed by atoms with Crippen molar-refractivity contribution in [1.29, 1.82) is 0 Å². The zero-order valence-corrected chi connectivity index (χ0v) is 23.2. The van der Waals surface area contributed by atoms with Crippen molar-refractivity contribution in [3.05, 3.63) is 83.4 Å². The van der Waals surface area contributed by atoms with Gasteiger partial charge in [-0.2, -0.15) is 0 Å². The quantitative estimate of drug-likeness (QED) is 0.242. The van der Waals surface area contributed by atoms with Gasteiger partial charge in [-0.15, -0.1) is 0 Å². The summed E-state index contributed by atoms with van der Waals surface area (Å²) in [6.45, 7) is 9.23. The lowest BCUT2D eigenvalue weighted by Gasteiger charge is -2.19. The smallest absolute Gasteiger partial charge is 0.287 e. The van der Waals surface area contributed by atoms with Gasteiger partial charge in [-0.05, 0) is 90.2 Å². The summed E-state index contributed by atoms with van der Waals surface area (Å²) >= 11 is 0.991. The molecule has 0 saturated carbocycles. The Bertz CT molecular complexity index is 1270. The number of nitrogens with one attached hydrogen (secondary N) is 1. The number of aryl methyl sites for hydroxylation is 1. The van der Waals surface area contributed by atoms with Crippen LogP contribution in [-0.4, -0.2) is 24.4 Å². The Morgan fingerprint density at radius 1 is 0.895 bits per heavy atom. The van der Waals surface area contributed by atoms with E-state index >= 15 is 0 Å². The van der Waals surface area contributed by atoms with Crippen LogP contribution in [0.1, 0.15) is 63.1 Å². The summed E-state index contributed by atoms with van der Waals surface area (Å²) in [7, 11) is 0. The highest BCUT2D eigenvalue weighted by molar-refractivity contribution is 8.15. The molecule has 200 valence electrons. The molecule has 38 heavy (non-hydrogen) atoms. The Hall–Kier alpha value is -3.45. The van der Waals surface area contributed by atoms with Crippen LogP contribution in [0, 0.1) is 0 Å². The highest BCUT2D eigenvalue weighted by atomic mass is 32.2. The van der Waals surface area contributed by atoms with Crippen LogP contribution in [0.4, 0.5) is 4.79 Å². The second-order valence-corrected chi connectivity index (χ2v) is 11.2. The summed E-state index contributed by atoms with van der Waals surface area (Å²) in [5.74, 6) is 3.32. The van der Waals surface area contributed by atoms with Gasteiger partial charge in [0.2, 0.25) is 5.91 Å². The van der Waals surface area contributed by atoms with E-state index in [0.717, 1.165) is 53.0 Å². The standard InChI is InChI=1S/C31H35NO5S/c1-5-8-23-19-27(37-25-13-11-22(12-14-25)21(2)3)15-16-28(23)36-18-7-17-35-26-10-6-9-24(20-26)31(4)29(33)32-30(34)38-31/h6,9-16,19-21H,5,7-8,17-18H2,1-4H3,(H,32,33,34). The van der Waals surface area contributed by atoms with Crippen LogP contribution in [0.5, 0.6) is 23.0 Å². The summed E-state index contributed by atoms with van der Waals surface area (Å²) in [5, 5.41) is 2.02. The summed E-state index contributed by atoms with van der Waals surface area (Å²) in [6.07, 6.45) is 2.60. The molecule has 1 aliphatic rings. The van der Waals surface area contributed by atoms with Gasteiger partial charge in [0.15, 0.2) is 0 Å². The predicted molar refractivity (Wildman–Crippen MR) is 152 cm³/mol. The van der Waals surface area contributed by atoms with E-state index in [-0.39, 0.29) is 11.1 Å². The van der Waals surface area contributed by atoms with Gasteiger partial charge in [0.25, 0.3) is 5.24 Å². The minimum Gasteiger partial charge on any atom is -0.493 e. The molecule has 6 nitrogen and oxygen atoms in total. The molecular formula is C31H35NO5S. The summed E-state index contributed by atoms with van der Waals surface area (Å²) in [4.78, 5) is 23.9. The van der Waals surface area contributed by atoms with Crippen molar-refractivity contribution >= 4 is 22.9 Å². The van der Waals surface area contributed by atoms with Crippen LogP contribution in [-0.2, 0) is 16.0 Å². The van der Waals surface area contributed by atoms with Gasteiger partial charge in [0.1, 0.15) is 27.7 Å². The van der Waals surface area contributed by atoms with Gasteiger partial charge < -0.3 is 14.2 Å². The molecule has 1 unspecified atom stereocenters. The van der Waals surface area contributed by atoms with E-state index in [2.05, 4.69) is 44.3 Å². The maximum Gasteiger partial charge on any atom is 0.287 e. The second-order valence-electron chi connectivity index (χ2n) is 9.80. The molecule has 0 radical (unpaired) electrons. The van der Waals surface area contributed by atoms with Crippen molar-refractivity contribution in [1.82, 2.24) is 5.32 Å². The zero-order chi connectivity index (χ0) is 27.1. The van der Waals surface area contributed by atoms with Crippen molar-refractivity contribution < 1.29 is 23.8 Å². The fourth-order valence-electron chi connectivity index (χ4n) is 4.25. The van der Waals surface area contributed by atoms with E-state index in [4.69, 9.17) is 14.2 Å². The lowest BCUT2D eigenvalue weighted by atomic mass is 9.99. The van der Waals surface area contributed by atoms with E-state index in [1.54, 1.807) is 6.92 Å². The molecular weight excluding hydrogens is 498 g/mol. The van der Waals surface area contributed by atoms with Gasteiger partial charge in [0.05, 0.1) is 13.2 Å². The molecule has 7 heteroatoms. The van der Waals surface area contributed by atoms with E-state index in [0.29, 0.717) is 31.3 Å². The number of hydrogen-bond acceptors (Lipinski definition) is 6. The minimum absolute atomic E-state index is 0.304. The van der Waals surface area contributed by atoms with Crippen molar-refractivity contribution in [2.24, 2.45) is 0 Å². The van der Waals surface area contributed by atoms with E-state index < -0.39 is 4.75 Å². The highest BCUT2D eigenvalue weighted by Crippen LogP contribution is 2.41. The summed E-state index contributed by atoms with van der Waals surface area (Å²) in [6, 6.07) is 21.5. The van der Waals surface area contributed by atoms with Crippen LogP contribution in [0.2, 0.25) is 0 Å². The molecule has 0 spiro atoms. The third-order valence-electron chi connectivity index (χ3n) is 6.48. The molecule has 1 heterocycles. The Labute approximate surface area is 229 Å². The summed E-state index contributed by atoms with van der Waals surface area (Å²) in [5.41, 5.74) is 3.14. The predicted octanol–water partition coefficient (Wildman–Crippen LogP) is 7.60. The normalized spacial score (nSPS) is 17.0. The van der Waals surface area contributed by atoms with Crippen LogP contribution in [0.3, 0.4) is 0 Å². The summed E-state index contributed by atoms with van der Waals surface area (Å²) < 4.78 is 17.2. The molecule has 0 aliphatic carbocycles. The van der Waals surface area contributed by atoms with E-state index in [1.807, 2.05) is 48.5 Å². The van der Waals surface area contributed by atoms with Crippen LogP contribution in [0.15, 0.2) is 66.7 Å². The van der Waals surface area contributed by atoms with Gasteiger partial charge in [-0.25, -0.2) is 0 Å². The van der Waals surface area contributed by atoms with Crippen molar-refractivity contribution in [3.63, 3.8) is 0 Å². The number of hydrogen-bond donors (Lipinski definition) is 1. The molecule has 1 fully saturated rings. The zero-order valence-electron chi connectivity index (χ0n) is 22.4. The number of amides is 2. The van der Waals surface area contributed by atoms with Crippen molar-refractivity contribution in [3.8, 4) is 23.0 Å². The van der Waals surface area contributed by atoms with Crippen LogP contribution < -0.4 is 19.5 Å². The Kier molecular flexibility index (Phi) is 9.00. The Morgan fingerprint density at radius 2 is 1.63 bits per heavy atom. The number of ether oxygens (including phenoxy) is 3. The average Bonchev–Trinajstić information content (AvgIpc) is 3.17. The second kappa shape index (κ2) is 12.4. The number of carbonyl (C=O) groups is 2. The molecule has 0 aromatic heterocycles. The maximum absolute atomic E-state index is 12.3. The topological polar surface area (TPSA) is 73.9 Å². The maximum atomic E-state index is 12.3. The Balaban J connectivity index is 1.30. The van der Waals surface area contributed by atoms with Gasteiger partial charge in [-0.1, -0.05) is 51.5 Å². The molecule has 1 N–H and O–H groups in total. The molecule has 1 aliphatic heterocycles. The number of rotatable bonds is 12. The third kappa shape index (κ3) is 6.70. The molecule has 2 amide bonds. The third-order valence-corrected chi connectivity index (χ3v) is 7.60. The molecule has 0 bridgehead atoms. The monoisotopic (exact) mass is 533 g/mol. The van der Waals surface area contributed by atoms with E-state index in [1.165, 1.54) is 5.56 Å². The van der Waals surface area contributed by atoms with Crippen LogP contribution >= 0.6 is 11.8 Å². The first kappa shape index (κ1) is 27.6. The first-order chi connectivity index (χ1) is 18.3. The fraction of sp³-hybridized carbons (Fsp3) is 0.355. The Morgan fingerprint density at radius 3 is 2.32 bits per heavy atom. The van der Waals surface area contributed by atoms with Crippen molar-refractivity contribution in [2.45, 2.75) is 57.6 Å².